The molecule has 134 valence electrons. The largest absolute Gasteiger partial charge is 0.353 e. The van der Waals surface area contributed by atoms with E-state index >= 15 is 0 Å². The molecule has 6 heteroatoms. The summed E-state index contributed by atoms with van der Waals surface area (Å²) in [6.07, 6.45) is 9.07. The number of amides is 1. The fourth-order valence-corrected chi connectivity index (χ4v) is 4.15. The van der Waals surface area contributed by atoms with Crippen LogP contribution in [0.1, 0.15) is 51.4 Å². The summed E-state index contributed by atoms with van der Waals surface area (Å²) in [5, 5.41) is 3.10. The maximum atomic E-state index is 12.1. The Balaban J connectivity index is 1.83. The van der Waals surface area contributed by atoms with Crippen molar-refractivity contribution in [1.29, 1.82) is 0 Å². The number of nitrogens with one attached hydrogen (secondary N) is 1. The zero-order valence-electron chi connectivity index (χ0n) is 14.4. The fraction of sp³-hybridized carbons (Fsp3) is 0.611. The van der Waals surface area contributed by atoms with Crippen LogP contribution in [0, 0.1) is 0 Å². The highest BCUT2D eigenvalue weighted by atomic mass is 32.2. The summed E-state index contributed by atoms with van der Waals surface area (Å²) >= 11 is 0. The van der Waals surface area contributed by atoms with Crippen LogP contribution in [-0.2, 0) is 14.8 Å². The van der Waals surface area contributed by atoms with E-state index in [0.29, 0.717) is 31.1 Å². The molecular weight excluding hydrogens is 324 g/mol. The van der Waals surface area contributed by atoms with E-state index in [1.165, 1.54) is 36.2 Å². The van der Waals surface area contributed by atoms with Crippen LogP contribution in [0.2, 0.25) is 0 Å². The van der Waals surface area contributed by atoms with Crippen LogP contribution >= 0.6 is 0 Å². The third kappa shape index (κ3) is 6.15. The van der Waals surface area contributed by atoms with Crippen molar-refractivity contribution in [2.24, 2.45) is 0 Å². The minimum Gasteiger partial charge on any atom is -0.353 e. The van der Waals surface area contributed by atoms with Gasteiger partial charge in [-0.3, -0.25) is 9.10 Å². The van der Waals surface area contributed by atoms with Gasteiger partial charge < -0.3 is 5.32 Å². The van der Waals surface area contributed by atoms with Gasteiger partial charge in [-0.1, -0.05) is 43.9 Å². The zero-order chi connectivity index (χ0) is 17.4. The molecule has 1 N–H and O–H groups in total. The Hall–Kier alpha value is -1.56. The van der Waals surface area contributed by atoms with Crippen molar-refractivity contribution < 1.29 is 13.2 Å². The second kappa shape index (κ2) is 9.06. The maximum absolute atomic E-state index is 12.1. The van der Waals surface area contributed by atoms with Crippen molar-refractivity contribution in [3.8, 4) is 0 Å². The monoisotopic (exact) mass is 352 g/mol. The van der Waals surface area contributed by atoms with Crippen LogP contribution in [0.5, 0.6) is 0 Å². The first-order valence-electron chi connectivity index (χ1n) is 8.79. The van der Waals surface area contributed by atoms with Gasteiger partial charge in [0.05, 0.1) is 11.9 Å². The van der Waals surface area contributed by atoms with Gasteiger partial charge in [-0.2, -0.15) is 0 Å². The lowest BCUT2D eigenvalue weighted by molar-refractivity contribution is -0.121. The average Bonchev–Trinajstić information content (AvgIpc) is 2.80. The molecule has 0 spiro atoms. The first-order valence-corrected chi connectivity index (χ1v) is 10.6. The first-order chi connectivity index (χ1) is 11.5. The molecule has 0 saturated heterocycles. The number of benzene rings is 1. The van der Waals surface area contributed by atoms with Gasteiger partial charge in [-0.05, 0) is 31.4 Å². The highest BCUT2D eigenvalue weighted by Gasteiger charge is 2.18. The Morgan fingerprint density at radius 1 is 1.12 bits per heavy atom. The Labute approximate surface area is 145 Å². The average molecular weight is 353 g/mol. The van der Waals surface area contributed by atoms with Crippen LogP contribution in [0.3, 0.4) is 0 Å². The normalized spacial score (nSPS) is 16.4. The number of nitrogens with zero attached hydrogens (tertiary/aromatic N) is 1. The highest BCUT2D eigenvalue weighted by Crippen LogP contribution is 2.19. The van der Waals surface area contributed by atoms with E-state index in [9.17, 15) is 13.2 Å². The molecule has 0 unspecified atom stereocenters. The van der Waals surface area contributed by atoms with Crippen molar-refractivity contribution in [1.82, 2.24) is 5.32 Å². The quantitative estimate of drug-likeness (QED) is 0.767. The first kappa shape index (κ1) is 18.8. The zero-order valence-corrected chi connectivity index (χ0v) is 15.2. The Morgan fingerprint density at radius 2 is 1.75 bits per heavy atom. The van der Waals surface area contributed by atoms with E-state index < -0.39 is 10.0 Å². The number of rotatable bonds is 7. The summed E-state index contributed by atoms with van der Waals surface area (Å²) in [4.78, 5) is 12.1. The predicted octanol–water partition coefficient (Wildman–Crippen LogP) is 3.07. The Bertz CT molecular complexity index is 608. The van der Waals surface area contributed by atoms with Crippen molar-refractivity contribution in [2.45, 2.75) is 57.4 Å². The molecule has 2 rings (SSSR count). The molecule has 0 atom stereocenters. The highest BCUT2D eigenvalue weighted by molar-refractivity contribution is 7.92. The second-order valence-electron chi connectivity index (χ2n) is 6.53. The molecular formula is C18H28N2O3S. The third-order valence-electron chi connectivity index (χ3n) is 4.43. The van der Waals surface area contributed by atoms with Crippen LogP contribution in [0.4, 0.5) is 5.69 Å². The van der Waals surface area contributed by atoms with Crippen molar-refractivity contribution in [2.75, 3.05) is 17.1 Å². The van der Waals surface area contributed by atoms with Crippen LogP contribution in [0.25, 0.3) is 0 Å². The van der Waals surface area contributed by atoms with E-state index in [-0.39, 0.29) is 5.91 Å². The van der Waals surface area contributed by atoms with E-state index in [1.54, 1.807) is 12.1 Å². The number of carbonyl (C=O) groups is 1. The van der Waals surface area contributed by atoms with Gasteiger partial charge in [-0.15, -0.1) is 0 Å². The maximum Gasteiger partial charge on any atom is 0.232 e. The summed E-state index contributed by atoms with van der Waals surface area (Å²) < 4.78 is 25.3. The van der Waals surface area contributed by atoms with E-state index in [4.69, 9.17) is 0 Å². The minimum absolute atomic E-state index is 0.0309. The Morgan fingerprint density at radius 3 is 2.33 bits per heavy atom. The van der Waals surface area contributed by atoms with Gasteiger partial charge in [0.15, 0.2) is 0 Å². The number of carbonyl (C=O) groups excluding carboxylic acids is 1. The number of sulfonamides is 1. The number of anilines is 1. The predicted molar refractivity (Wildman–Crippen MR) is 97.5 cm³/mol. The summed E-state index contributed by atoms with van der Waals surface area (Å²) in [6, 6.07) is 9.31. The lowest BCUT2D eigenvalue weighted by Crippen LogP contribution is -2.35. The van der Waals surface area contributed by atoms with Crippen LogP contribution in [-0.4, -0.2) is 33.2 Å². The van der Waals surface area contributed by atoms with Crippen LogP contribution in [0.15, 0.2) is 30.3 Å². The van der Waals surface area contributed by atoms with Gasteiger partial charge in [0, 0.05) is 19.0 Å². The lowest BCUT2D eigenvalue weighted by Gasteiger charge is -2.22. The Kier molecular flexibility index (Phi) is 7.09. The second-order valence-corrected chi connectivity index (χ2v) is 8.44. The number of hydrogen-bond donors (Lipinski definition) is 1. The molecule has 0 heterocycles. The molecule has 5 nitrogen and oxygen atoms in total. The third-order valence-corrected chi connectivity index (χ3v) is 5.62. The molecule has 0 aromatic heterocycles. The summed E-state index contributed by atoms with van der Waals surface area (Å²) in [5.41, 5.74) is 0.643. The topological polar surface area (TPSA) is 66.5 Å². The standard InChI is InChI=1S/C18H28N2O3S/c1-24(22,23)20(17-12-7-4-8-13-17)15-9-14-18(21)19-16-10-5-2-3-6-11-16/h4,7-8,12-13,16H,2-3,5-6,9-11,14-15H2,1H3,(H,19,21). The molecule has 1 aromatic rings. The summed E-state index contributed by atoms with van der Waals surface area (Å²) in [5.74, 6) is 0.0309. The van der Waals surface area contributed by atoms with Gasteiger partial charge in [-0.25, -0.2) is 8.42 Å². The number of para-hydroxylation sites is 1. The van der Waals surface area contributed by atoms with Crippen molar-refractivity contribution in [3.63, 3.8) is 0 Å². The molecule has 1 aromatic carbocycles. The van der Waals surface area contributed by atoms with E-state index in [0.717, 1.165) is 12.8 Å². The molecule has 1 aliphatic carbocycles. The van der Waals surface area contributed by atoms with Gasteiger partial charge >= 0.3 is 0 Å². The molecule has 0 radical (unpaired) electrons. The molecule has 1 amide bonds. The molecule has 0 bridgehead atoms. The van der Waals surface area contributed by atoms with Crippen molar-refractivity contribution in [3.05, 3.63) is 30.3 Å². The molecule has 1 aliphatic rings. The molecule has 24 heavy (non-hydrogen) atoms. The molecule has 1 fully saturated rings. The molecule has 0 aliphatic heterocycles. The van der Waals surface area contributed by atoms with Gasteiger partial charge in [0.2, 0.25) is 15.9 Å². The summed E-state index contributed by atoms with van der Waals surface area (Å²) in [6.45, 7) is 0.320. The minimum atomic E-state index is -3.35. The van der Waals surface area contributed by atoms with Crippen LogP contribution < -0.4 is 9.62 Å². The molecule has 1 saturated carbocycles. The lowest BCUT2D eigenvalue weighted by atomic mass is 10.1. The SMILES string of the molecule is CS(=O)(=O)N(CCCC(=O)NC1CCCCCC1)c1ccccc1. The van der Waals surface area contributed by atoms with Gasteiger partial charge in [0.1, 0.15) is 0 Å². The van der Waals surface area contributed by atoms with E-state index in [1.807, 2.05) is 18.2 Å². The van der Waals surface area contributed by atoms with Crippen molar-refractivity contribution >= 4 is 21.6 Å². The van der Waals surface area contributed by atoms with Gasteiger partial charge in [0.25, 0.3) is 0 Å². The summed E-state index contributed by atoms with van der Waals surface area (Å²) in [7, 11) is -3.35. The van der Waals surface area contributed by atoms with E-state index in [2.05, 4.69) is 5.32 Å². The smallest absolute Gasteiger partial charge is 0.232 e. The number of hydrogen-bond acceptors (Lipinski definition) is 3. The fourth-order valence-electron chi connectivity index (χ4n) is 3.19.